The van der Waals surface area contributed by atoms with Crippen molar-refractivity contribution in [2.45, 2.75) is 26.9 Å². The largest absolute Gasteiger partial charge is 0.339 e. The third-order valence-corrected chi connectivity index (χ3v) is 4.67. The van der Waals surface area contributed by atoms with Crippen LogP contribution in [0.5, 0.6) is 0 Å². The van der Waals surface area contributed by atoms with Crippen LogP contribution in [0.1, 0.15) is 16.3 Å². The summed E-state index contributed by atoms with van der Waals surface area (Å²) in [7, 11) is 1.71. The second-order valence-electron chi connectivity index (χ2n) is 5.61. The number of hydrogen-bond acceptors (Lipinski definition) is 6. The van der Waals surface area contributed by atoms with Crippen LogP contribution >= 0.6 is 11.5 Å². The van der Waals surface area contributed by atoms with Gasteiger partial charge >= 0.3 is 0 Å². The summed E-state index contributed by atoms with van der Waals surface area (Å²) in [6.45, 7) is 3.93. The minimum Gasteiger partial charge on any atom is -0.339 e. The second kappa shape index (κ2) is 6.48. The van der Waals surface area contributed by atoms with Crippen molar-refractivity contribution in [3.8, 4) is 0 Å². The van der Waals surface area contributed by atoms with Crippen LogP contribution in [0.15, 0.2) is 29.1 Å². The van der Waals surface area contributed by atoms with Gasteiger partial charge in [0.1, 0.15) is 12.2 Å². The third-order valence-electron chi connectivity index (χ3n) is 3.86. The van der Waals surface area contributed by atoms with Crippen LogP contribution < -0.4 is 5.56 Å². The number of carbonyl (C=O) groups excluding carboxylic acids is 1. The highest BCUT2D eigenvalue weighted by Gasteiger charge is 2.16. The number of fused-ring (bicyclic) bond motifs is 1. The minimum atomic E-state index is -0.244. The quantitative estimate of drug-likeness (QED) is 0.717. The average Bonchev–Trinajstić information content (AvgIpc) is 2.96. The summed E-state index contributed by atoms with van der Waals surface area (Å²) in [5.41, 5.74) is 2.32. The summed E-state index contributed by atoms with van der Waals surface area (Å²) >= 11 is 1.28. The Bertz CT molecular complexity index is 963. The second-order valence-corrected chi connectivity index (χ2v) is 6.45. The molecule has 0 bridgehead atoms. The first-order valence-electron chi connectivity index (χ1n) is 7.45. The fraction of sp³-hybridized carbons (Fsp3) is 0.312. The van der Waals surface area contributed by atoms with Gasteiger partial charge in [-0.25, -0.2) is 4.98 Å². The Labute approximate surface area is 142 Å². The lowest BCUT2D eigenvalue weighted by Gasteiger charge is -2.18. The molecule has 0 aliphatic rings. The van der Waals surface area contributed by atoms with Crippen molar-refractivity contribution < 1.29 is 4.79 Å². The molecule has 0 unspecified atom stereocenters. The molecule has 24 heavy (non-hydrogen) atoms. The lowest BCUT2D eigenvalue weighted by atomic mass is 10.2. The maximum Gasteiger partial charge on any atom is 0.272 e. The molecule has 0 spiro atoms. The van der Waals surface area contributed by atoms with E-state index in [1.807, 2.05) is 25.1 Å². The molecule has 0 radical (unpaired) electrons. The molecule has 3 aromatic rings. The number of para-hydroxylation sites is 2. The van der Waals surface area contributed by atoms with Gasteiger partial charge in [-0.15, -0.1) is 5.10 Å². The van der Waals surface area contributed by atoms with E-state index in [1.165, 1.54) is 16.1 Å². The number of likely N-dealkylation sites (N-methyl/N-ethyl adjacent to an activating group) is 1. The molecule has 0 aliphatic carbocycles. The molecule has 1 aromatic carbocycles. The SMILES string of the molecule is Cc1nnsc1CN(C)C(=O)Cn1c(=O)c(C)nc2ccccc21. The van der Waals surface area contributed by atoms with Gasteiger partial charge in [-0.3, -0.25) is 14.2 Å². The Kier molecular flexibility index (Phi) is 4.39. The fourth-order valence-electron chi connectivity index (χ4n) is 2.43. The van der Waals surface area contributed by atoms with Crippen LogP contribution in [0.3, 0.4) is 0 Å². The number of hydrogen-bond donors (Lipinski definition) is 0. The molecule has 124 valence electrons. The number of rotatable bonds is 4. The lowest BCUT2D eigenvalue weighted by molar-refractivity contribution is -0.131. The number of aromatic nitrogens is 4. The molecule has 7 nitrogen and oxygen atoms in total. The number of carbonyl (C=O) groups is 1. The van der Waals surface area contributed by atoms with E-state index in [2.05, 4.69) is 14.6 Å². The fourth-order valence-corrected chi connectivity index (χ4v) is 3.12. The third kappa shape index (κ3) is 3.05. The highest BCUT2D eigenvalue weighted by Crippen LogP contribution is 2.13. The normalized spacial score (nSPS) is 11.0. The molecular formula is C16H17N5O2S. The highest BCUT2D eigenvalue weighted by atomic mass is 32.1. The topological polar surface area (TPSA) is 81.0 Å². The van der Waals surface area contributed by atoms with Gasteiger partial charge in [-0.05, 0) is 37.5 Å². The smallest absolute Gasteiger partial charge is 0.272 e. The molecule has 0 atom stereocenters. The van der Waals surface area contributed by atoms with Gasteiger partial charge < -0.3 is 4.90 Å². The van der Waals surface area contributed by atoms with Crippen LogP contribution in [0.4, 0.5) is 0 Å². The van der Waals surface area contributed by atoms with Gasteiger partial charge in [-0.2, -0.15) is 0 Å². The van der Waals surface area contributed by atoms with Crippen molar-refractivity contribution in [3.63, 3.8) is 0 Å². The van der Waals surface area contributed by atoms with E-state index in [0.29, 0.717) is 23.3 Å². The molecule has 0 N–H and O–H groups in total. The summed E-state index contributed by atoms with van der Waals surface area (Å²) in [4.78, 5) is 31.8. The molecule has 2 heterocycles. The molecule has 0 fully saturated rings. The predicted molar refractivity (Wildman–Crippen MR) is 91.9 cm³/mol. The first kappa shape index (κ1) is 16.3. The van der Waals surface area contributed by atoms with Crippen LogP contribution in [0.2, 0.25) is 0 Å². The van der Waals surface area contributed by atoms with Crippen molar-refractivity contribution in [2.75, 3.05) is 7.05 Å². The molecule has 8 heteroatoms. The monoisotopic (exact) mass is 343 g/mol. The van der Waals surface area contributed by atoms with E-state index < -0.39 is 0 Å². The van der Waals surface area contributed by atoms with Crippen molar-refractivity contribution >= 4 is 28.5 Å². The zero-order valence-electron chi connectivity index (χ0n) is 13.7. The number of amides is 1. The molecule has 0 saturated carbocycles. The Balaban J connectivity index is 1.89. The van der Waals surface area contributed by atoms with Gasteiger partial charge in [0.2, 0.25) is 5.91 Å². The van der Waals surface area contributed by atoms with E-state index in [-0.39, 0.29) is 18.0 Å². The lowest BCUT2D eigenvalue weighted by Crippen LogP contribution is -2.34. The van der Waals surface area contributed by atoms with Crippen LogP contribution in [-0.4, -0.2) is 37.0 Å². The van der Waals surface area contributed by atoms with Crippen molar-refractivity contribution in [3.05, 3.63) is 50.9 Å². The number of nitrogens with zero attached hydrogens (tertiary/aromatic N) is 5. The molecule has 0 saturated heterocycles. The Hall–Kier alpha value is -2.61. The molecule has 2 aromatic heterocycles. The number of benzene rings is 1. The van der Waals surface area contributed by atoms with Crippen LogP contribution in [0.25, 0.3) is 11.0 Å². The Morgan fingerprint density at radius 2 is 2.00 bits per heavy atom. The Morgan fingerprint density at radius 3 is 2.71 bits per heavy atom. The zero-order chi connectivity index (χ0) is 17.3. The maximum absolute atomic E-state index is 12.6. The summed E-state index contributed by atoms with van der Waals surface area (Å²) in [5.74, 6) is -0.152. The summed E-state index contributed by atoms with van der Waals surface area (Å²) in [5, 5.41) is 3.95. The molecule has 3 rings (SSSR count). The zero-order valence-corrected chi connectivity index (χ0v) is 14.5. The summed E-state index contributed by atoms with van der Waals surface area (Å²) in [6, 6.07) is 7.32. The van der Waals surface area contributed by atoms with Gasteiger partial charge in [0.05, 0.1) is 28.1 Å². The first-order valence-corrected chi connectivity index (χ1v) is 8.22. The number of aryl methyl sites for hydroxylation is 2. The standard InChI is InChI=1S/C16H17N5O2S/c1-10-14(24-19-18-10)8-20(3)15(22)9-21-13-7-5-4-6-12(13)17-11(2)16(21)23/h4-7H,8-9H2,1-3H3. The maximum atomic E-state index is 12.6. The van der Waals surface area contributed by atoms with Crippen molar-refractivity contribution in [1.29, 1.82) is 0 Å². The van der Waals surface area contributed by atoms with Crippen molar-refractivity contribution in [1.82, 2.24) is 24.0 Å². The van der Waals surface area contributed by atoms with E-state index in [1.54, 1.807) is 24.9 Å². The minimum absolute atomic E-state index is 0.0233. The molecular weight excluding hydrogens is 326 g/mol. The highest BCUT2D eigenvalue weighted by molar-refractivity contribution is 7.05. The van der Waals surface area contributed by atoms with E-state index in [0.717, 1.165) is 10.6 Å². The average molecular weight is 343 g/mol. The first-order chi connectivity index (χ1) is 11.5. The van der Waals surface area contributed by atoms with Gasteiger partial charge in [0.15, 0.2) is 0 Å². The van der Waals surface area contributed by atoms with Gasteiger partial charge in [0, 0.05) is 7.05 Å². The summed E-state index contributed by atoms with van der Waals surface area (Å²) < 4.78 is 5.36. The van der Waals surface area contributed by atoms with Crippen LogP contribution in [-0.2, 0) is 17.9 Å². The van der Waals surface area contributed by atoms with Gasteiger partial charge in [-0.1, -0.05) is 16.6 Å². The van der Waals surface area contributed by atoms with Gasteiger partial charge in [0.25, 0.3) is 5.56 Å². The Morgan fingerprint density at radius 1 is 1.25 bits per heavy atom. The van der Waals surface area contributed by atoms with E-state index in [4.69, 9.17) is 0 Å². The van der Waals surface area contributed by atoms with Crippen molar-refractivity contribution in [2.24, 2.45) is 0 Å². The predicted octanol–water partition coefficient (Wildman–Crippen LogP) is 1.52. The van der Waals surface area contributed by atoms with E-state index >= 15 is 0 Å². The van der Waals surface area contributed by atoms with Crippen LogP contribution in [0, 0.1) is 13.8 Å². The summed E-state index contributed by atoms with van der Waals surface area (Å²) in [6.07, 6.45) is 0. The molecule has 0 aliphatic heterocycles. The molecule has 1 amide bonds. The van der Waals surface area contributed by atoms with E-state index in [9.17, 15) is 9.59 Å².